The van der Waals surface area contributed by atoms with Gasteiger partial charge in [-0.1, -0.05) is 0 Å². The van der Waals surface area contributed by atoms with Crippen LogP contribution in [0.3, 0.4) is 0 Å². The molecule has 1 atom stereocenters. The van der Waals surface area contributed by atoms with Crippen LogP contribution in [0.1, 0.15) is 13.3 Å². The van der Waals surface area contributed by atoms with Gasteiger partial charge in [0.2, 0.25) is 5.95 Å². The number of nitrogens with two attached hydrogens (primary N) is 1. The summed E-state index contributed by atoms with van der Waals surface area (Å²) in [6.45, 7) is 2.87. The zero-order chi connectivity index (χ0) is 12.3. The summed E-state index contributed by atoms with van der Waals surface area (Å²) in [6, 6.07) is 2.52. The molecular weight excluding hydrogens is 234 g/mol. The monoisotopic (exact) mass is 253 g/mol. The zero-order valence-corrected chi connectivity index (χ0v) is 11.1. The second-order valence-electron chi connectivity index (χ2n) is 4.13. The van der Waals surface area contributed by atoms with Gasteiger partial charge in [-0.2, -0.15) is 21.7 Å². The van der Waals surface area contributed by atoms with Crippen LogP contribution in [0.2, 0.25) is 0 Å². The molecule has 17 heavy (non-hydrogen) atoms. The Balaban J connectivity index is 2.18. The topological polar surface area (TPSA) is 67.1 Å². The summed E-state index contributed by atoms with van der Waals surface area (Å²) in [5.74, 6) is 4.43. The molecule has 1 aromatic heterocycles. The fraction of sp³-hybridized carbons (Fsp3) is 0.636. The molecule has 1 saturated heterocycles. The van der Waals surface area contributed by atoms with E-state index in [1.807, 2.05) is 24.8 Å². The van der Waals surface area contributed by atoms with Crippen LogP contribution in [0.4, 0.5) is 17.6 Å². The first-order chi connectivity index (χ1) is 8.20. The van der Waals surface area contributed by atoms with Gasteiger partial charge in [0.15, 0.2) is 0 Å². The number of thioether (sulfide) groups is 1. The van der Waals surface area contributed by atoms with Crippen molar-refractivity contribution in [1.82, 2.24) is 9.97 Å². The number of nitrogens with zero attached hydrogens (tertiary/aromatic N) is 3. The maximum Gasteiger partial charge on any atom is 0.223 e. The molecule has 0 aromatic carbocycles. The number of hydrogen-bond acceptors (Lipinski definition) is 6. The van der Waals surface area contributed by atoms with Crippen LogP contribution in [0, 0.1) is 0 Å². The largest absolute Gasteiger partial charge is 0.370 e. The number of anilines is 3. The summed E-state index contributed by atoms with van der Waals surface area (Å²) >= 11 is 1.99. The minimum atomic E-state index is 0.330. The first kappa shape index (κ1) is 12.3. The molecule has 0 aliphatic carbocycles. The molecule has 0 radical (unpaired) electrons. The fourth-order valence-corrected chi connectivity index (χ4v) is 3.19. The lowest BCUT2D eigenvalue weighted by Crippen LogP contribution is -2.32. The smallest absolute Gasteiger partial charge is 0.223 e. The Bertz CT molecular complexity index is 378. The van der Waals surface area contributed by atoms with Gasteiger partial charge in [-0.15, -0.1) is 0 Å². The molecule has 1 aliphatic heterocycles. The molecular formula is C11H19N5S. The lowest BCUT2D eigenvalue weighted by atomic mass is 10.2. The van der Waals surface area contributed by atoms with Crippen LogP contribution in [-0.2, 0) is 0 Å². The predicted molar refractivity (Wildman–Crippen MR) is 74.7 cm³/mol. The third kappa shape index (κ3) is 2.94. The minimum Gasteiger partial charge on any atom is -0.370 e. The van der Waals surface area contributed by atoms with Gasteiger partial charge in [0, 0.05) is 31.5 Å². The molecule has 6 heteroatoms. The molecule has 94 valence electrons. The van der Waals surface area contributed by atoms with E-state index in [9.17, 15) is 0 Å². The van der Waals surface area contributed by atoms with E-state index in [1.165, 1.54) is 12.2 Å². The molecule has 0 amide bonds. The third-order valence-corrected chi connectivity index (χ3v) is 4.05. The van der Waals surface area contributed by atoms with E-state index in [0.717, 1.165) is 23.9 Å². The highest BCUT2D eigenvalue weighted by Crippen LogP contribution is 2.26. The molecule has 1 aromatic rings. The Morgan fingerprint density at radius 2 is 2.41 bits per heavy atom. The first-order valence-electron chi connectivity index (χ1n) is 5.89. The Morgan fingerprint density at radius 1 is 1.59 bits per heavy atom. The maximum absolute atomic E-state index is 5.73. The molecule has 0 bridgehead atoms. The van der Waals surface area contributed by atoms with E-state index >= 15 is 0 Å². The number of nitrogens with one attached hydrogen (secondary N) is 1. The molecule has 2 heterocycles. The van der Waals surface area contributed by atoms with Crippen molar-refractivity contribution in [3.8, 4) is 0 Å². The highest BCUT2D eigenvalue weighted by atomic mass is 32.2. The Labute approximate surface area is 106 Å². The Morgan fingerprint density at radius 3 is 3.06 bits per heavy atom. The van der Waals surface area contributed by atoms with Crippen LogP contribution in [0.25, 0.3) is 0 Å². The van der Waals surface area contributed by atoms with E-state index in [1.54, 1.807) is 0 Å². The highest BCUT2D eigenvalue weighted by molar-refractivity contribution is 7.99. The number of rotatable bonds is 4. The molecule has 1 aliphatic rings. The number of nitrogen functional groups attached to an aromatic ring is 1. The van der Waals surface area contributed by atoms with Gasteiger partial charge in [-0.05, 0) is 19.1 Å². The number of aromatic nitrogens is 2. The molecule has 3 N–H and O–H groups in total. The van der Waals surface area contributed by atoms with Gasteiger partial charge >= 0.3 is 0 Å². The van der Waals surface area contributed by atoms with E-state index in [-0.39, 0.29) is 0 Å². The van der Waals surface area contributed by atoms with Crippen molar-refractivity contribution >= 4 is 29.3 Å². The average molecular weight is 253 g/mol. The standard InChI is InChI=1S/C11H19N5S/c1-3-13-9-6-10(15-11(12)14-9)16(2)8-4-5-17-7-8/h6,8H,3-5,7H2,1-2H3,(H3,12,13,14,15). The van der Waals surface area contributed by atoms with Crippen LogP contribution in [0.15, 0.2) is 6.07 Å². The summed E-state index contributed by atoms with van der Waals surface area (Å²) in [4.78, 5) is 10.7. The molecule has 0 saturated carbocycles. The quantitative estimate of drug-likeness (QED) is 0.846. The van der Waals surface area contributed by atoms with Crippen LogP contribution in [-0.4, -0.2) is 41.1 Å². The van der Waals surface area contributed by atoms with E-state index in [4.69, 9.17) is 5.73 Å². The van der Waals surface area contributed by atoms with Crippen molar-refractivity contribution in [2.45, 2.75) is 19.4 Å². The van der Waals surface area contributed by atoms with Crippen molar-refractivity contribution in [3.05, 3.63) is 6.07 Å². The van der Waals surface area contributed by atoms with Gasteiger partial charge in [-0.25, -0.2) is 0 Å². The lowest BCUT2D eigenvalue weighted by Gasteiger charge is -2.25. The van der Waals surface area contributed by atoms with Crippen molar-refractivity contribution in [3.63, 3.8) is 0 Å². The fourth-order valence-electron chi connectivity index (χ4n) is 1.92. The lowest BCUT2D eigenvalue weighted by molar-refractivity contribution is 0.691. The molecule has 5 nitrogen and oxygen atoms in total. The molecule has 0 spiro atoms. The first-order valence-corrected chi connectivity index (χ1v) is 7.05. The second kappa shape index (κ2) is 5.44. The molecule has 2 rings (SSSR count). The SMILES string of the molecule is CCNc1cc(N(C)C2CCSC2)nc(N)n1. The maximum atomic E-state index is 5.73. The van der Waals surface area contributed by atoms with Crippen molar-refractivity contribution in [2.75, 3.05) is 41.0 Å². The van der Waals surface area contributed by atoms with Gasteiger partial charge in [-0.3, -0.25) is 0 Å². The third-order valence-electron chi connectivity index (χ3n) is 2.90. The van der Waals surface area contributed by atoms with Crippen molar-refractivity contribution in [2.24, 2.45) is 0 Å². The van der Waals surface area contributed by atoms with Crippen molar-refractivity contribution in [1.29, 1.82) is 0 Å². The molecule has 1 unspecified atom stereocenters. The summed E-state index contributed by atoms with van der Waals surface area (Å²) < 4.78 is 0. The van der Waals surface area contributed by atoms with Gasteiger partial charge < -0.3 is 16.0 Å². The van der Waals surface area contributed by atoms with Gasteiger partial charge in [0.25, 0.3) is 0 Å². The summed E-state index contributed by atoms with van der Waals surface area (Å²) in [5, 5.41) is 3.17. The van der Waals surface area contributed by atoms with Crippen LogP contribution < -0.4 is 16.0 Å². The van der Waals surface area contributed by atoms with Crippen LogP contribution in [0.5, 0.6) is 0 Å². The minimum absolute atomic E-state index is 0.330. The highest BCUT2D eigenvalue weighted by Gasteiger charge is 2.21. The number of hydrogen-bond donors (Lipinski definition) is 2. The van der Waals surface area contributed by atoms with Gasteiger partial charge in [0.05, 0.1) is 0 Å². The summed E-state index contributed by atoms with van der Waals surface area (Å²) in [7, 11) is 2.08. The second-order valence-corrected chi connectivity index (χ2v) is 5.28. The van der Waals surface area contributed by atoms with E-state index in [0.29, 0.717) is 12.0 Å². The van der Waals surface area contributed by atoms with Crippen molar-refractivity contribution < 1.29 is 0 Å². The van der Waals surface area contributed by atoms with E-state index in [2.05, 4.69) is 27.2 Å². The zero-order valence-electron chi connectivity index (χ0n) is 10.3. The summed E-state index contributed by atoms with van der Waals surface area (Å²) in [6.07, 6.45) is 1.21. The van der Waals surface area contributed by atoms with E-state index < -0.39 is 0 Å². The predicted octanol–water partition coefficient (Wildman–Crippen LogP) is 1.43. The Hall–Kier alpha value is -1.17. The average Bonchev–Trinajstić information content (AvgIpc) is 2.81. The van der Waals surface area contributed by atoms with Crippen LogP contribution >= 0.6 is 11.8 Å². The Kier molecular flexibility index (Phi) is 3.93. The summed E-state index contributed by atoms with van der Waals surface area (Å²) in [5.41, 5.74) is 5.73. The van der Waals surface area contributed by atoms with Gasteiger partial charge in [0.1, 0.15) is 11.6 Å². The molecule has 1 fully saturated rings. The normalized spacial score (nSPS) is 19.3.